The number of rotatable bonds is 5. The van der Waals surface area contributed by atoms with E-state index in [4.69, 9.17) is 4.42 Å². The normalized spacial score (nSPS) is 18.2. The first-order valence-electron chi connectivity index (χ1n) is 6.68. The smallest absolute Gasteiger partial charge is 0.118 e. The van der Waals surface area contributed by atoms with Crippen molar-refractivity contribution in [3.8, 4) is 0 Å². The highest BCUT2D eigenvalue weighted by Crippen LogP contribution is 2.18. The van der Waals surface area contributed by atoms with Crippen molar-refractivity contribution < 1.29 is 4.42 Å². The summed E-state index contributed by atoms with van der Waals surface area (Å²) in [7, 11) is 0. The molecule has 2 rings (SSSR count). The van der Waals surface area contributed by atoms with Gasteiger partial charge in [0.1, 0.15) is 11.5 Å². The second-order valence-electron chi connectivity index (χ2n) is 4.87. The van der Waals surface area contributed by atoms with Crippen LogP contribution in [0.15, 0.2) is 16.5 Å². The van der Waals surface area contributed by atoms with Gasteiger partial charge < -0.3 is 9.73 Å². The second-order valence-corrected chi connectivity index (χ2v) is 5.74. The third-order valence-electron chi connectivity index (χ3n) is 3.42. The molecule has 1 aliphatic rings. The number of nitrogens with one attached hydrogen (secondary N) is 1. The molecule has 0 aliphatic heterocycles. The maximum Gasteiger partial charge on any atom is 0.118 e. The first kappa shape index (κ1) is 13.0. The molecule has 0 saturated heterocycles. The number of hydrogen-bond donors (Lipinski definition) is 1. The van der Waals surface area contributed by atoms with E-state index in [-0.39, 0.29) is 0 Å². The molecule has 1 saturated carbocycles. The van der Waals surface area contributed by atoms with Crippen molar-refractivity contribution in [2.24, 2.45) is 0 Å². The van der Waals surface area contributed by atoms with Crippen LogP contribution >= 0.6 is 11.8 Å². The highest BCUT2D eigenvalue weighted by atomic mass is 32.2. The summed E-state index contributed by atoms with van der Waals surface area (Å²) in [4.78, 5) is 0. The van der Waals surface area contributed by atoms with E-state index in [1.807, 2.05) is 0 Å². The second kappa shape index (κ2) is 7.12. The molecule has 96 valence electrons. The van der Waals surface area contributed by atoms with Gasteiger partial charge >= 0.3 is 0 Å². The van der Waals surface area contributed by atoms with E-state index in [0.717, 1.165) is 23.8 Å². The average molecular weight is 253 g/mol. The Morgan fingerprint density at radius 2 is 1.88 bits per heavy atom. The Morgan fingerprint density at radius 3 is 2.59 bits per heavy atom. The minimum atomic E-state index is 0.701. The summed E-state index contributed by atoms with van der Waals surface area (Å²) >= 11 is 1.80. The van der Waals surface area contributed by atoms with Crippen LogP contribution in [0.25, 0.3) is 0 Å². The molecule has 0 spiro atoms. The molecule has 1 aromatic rings. The van der Waals surface area contributed by atoms with Crippen LogP contribution in [-0.2, 0) is 12.3 Å². The third kappa shape index (κ3) is 4.40. The van der Waals surface area contributed by atoms with Crippen LogP contribution in [0.5, 0.6) is 0 Å². The molecule has 0 radical (unpaired) electrons. The standard InChI is InChI=1S/C14H23NOS/c1-17-11-14-9-8-13(16-14)10-15-12-6-4-2-3-5-7-12/h8-9,12,15H,2-7,10-11H2,1H3. The van der Waals surface area contributed by atoms with Crippen molar-refractivity contribution in [2.75, 3.05) is 6.26 Å². The van der Waals surface area contributed by atoms with Crippen molar-refractivity contribution in [1.29, 1.82) is 0 Å². The fourth-order valence-corrected chi connectivity index (χ4v) is 2.91. The third-order valence-corrected chi connectivity index (χ3v) is 4.00. The minimum Gasteiger partial charge on any atom is -0.464 e. The molecular formula is C14H23NOS. The molecule has 0 amide bonds. The van der Waals surface area contributed by atoms with Gasteiger partial charge in [-0.2, -0.15) is 11.8 Å². The quantitative estimate of drug-likeness (QED) is 0.804. The fourth-order valence-electron chi connectivity index (χ4n) is 2.47. The summed E-state index contributed by atoms with van der Waals surface area (Å²) in [6.07, 6.45) is 10.4. The van der Waals surface area contributed by atoms with Gasteiger partial charge in [0.15, 0.2) is 0 Å². The van der Waals surface area contributed by atoms with Crippen molar-refractivity contribution in [1.82, 2.24) is 5.32 Å². The Bertz CT molecular complexity index is 316. The molecule has 1 N–H and O–H groups in total. The van der Waals surface area contributed by atoms with Crippen LogP contribution in [-0.4, -0.2) is 12.3 Å². The number of thioether (sulfide) groups is 1. The summed E-state index contributed by atoms with van der Waals surface area (Å²) < 4.78 is 5.76. The van der Waals surface area contributed by atoms with E-state index >= 15 is 0 Å². The maximum atomic E-state index is 5.76. The Balaban J connectivity index is 1.75. The lowest BCUT2D eigenvalue weighted by Crippen LogP contribution is -2.27. The molecule has 1 aromatic heterocycles. The zero-order valence-corrected chi connectivity index (χ0v) is 11.5. The summed E-state index contributed by atoms with van der Waals surface area (Å²) in [6.45, 7) is 0.888. The highest BCUT2D eigenvalue weighted by molar-refractivity contribution is 7.97. The van der Waals surface area contributed by atoms with Gasteiger partial charge in [0.2, 0.25) is 0 Å². The van der Waals surface area contributed by atoms with Gasteiger partial charge in [0.05, 0.1) is 12.3 Å². The van der Waals surface area contributed by atoms with E-state index in [1.165, 1.54) is 38.5 Å². The molecule has 0 bridgehead atoms. The largest absolute Gasteiger partial charge is 0.464 e. The molecule has 17 heavy (non-hydrogen) atoms. The zero-order chi connectivity index (χ0) is 11.9. The van der Waals surface area contributed by atoms with E-state index in [0.29, 0.717) is 6.04 Å². The van der Waals surface area contributed by atoms with E-state index in [1.54, 1.807) is 11.8 Å². The predicted octanol–water partition coefficient (Wildman–Crippen LogP) is 3.96. The summed E-state index contributed by atoms with van der Waals surface area (Å²) in [5, 5.41) is 3.63. The Morgan fingerprint density at radius 1 is 1.18 bits per heavy atom. The van der Waals surface area contributed by atoms with Crippen LogP contribution in [0, 0.1) is 0 Å². The highest BCUT2D eigenvalue weighted by Gasteiger charge is 2.12. The molecule has 2 nitrogen and oxygen atoms in total. The van der Waals surface area contributed by atoms with Gasteiger partial charge in [-0.15, -0.1) is 0 Å². The van der Waals surface area contributed by atoms with Crippen LogP contribution in [0.1, 0.15) is 50.0 Å². The number of hydrogen-bond acceptors (Lipinski definition) is 3. The summed E-state index contributed by atoms with van der Waals surface area (Å²) in [5.41, 5.74) is 0. The molecule has 1 fully saturated rings. The fraction of sp³-hybridized carbons (Fsp3) is 0.714. The van der Waals surface area contributed by atoms with Gasteiger partial charge in [-0.1, -0.05) is 25.7 Å². The van der Waals surface area contributed by atoms with Gasteiger partial charge in [-0.05, 0) is 31.2 Å². The summed E-state index contributed by atoms with van der Waals surface area (Å²) in [5.74, 6) is 3.15. The first-order chi connectivity index (χ1) is 8.38. The molecule has 1 aliphatic carbocycles. The topological polar surface area (TPSA) is 25.2 Å². The summed E-state index contributed by atoms with van der Waals surface area (Å²) in [6, 6.07) is 4.90. The first-order valence-corrected chi connectivity index (χ1v) is 8.08. The minimum absolute atomic E-state index is 0.701. The number of furan rings is 1. The SMILES string of the molecule is CSCc1ccc(CNC2CCCCCC2)o1. The molecule has 0 unspecified atom stereocenters. The van der Waals surface area contributed by atoms with Crippen molar-refractivity contribution in [2.45, 2.75) is 56.9 Å². The Hall–Kier alpha value is -0.410. The van der Waals surface area contributed by atoms with Crippen LogP contribution in [0.3, 0.4) is 0 Å². The van der Waals surface area contributed by atoms with Crippen molar-refractivity contribution in [3.05, 3.63) is 23.7 Å². The molecule has 3 heteroatoms. The molecular weight excluding hydrogens is 230 g/mol. The lowest BCUT2D eigenvalue weighted by molar-refractivity contribution is 0.408. The van der Waals surface area contributed by atoms with Crippen LogP contribution in [0.4, 0.5) is 0 Å². The maximum absolute atomic E-state index is 5.76. The predicted molar refractivity (Wildman–Crippen MR) is 74.3 cm³/mol. The van der Waals surface area contributed by atoms with E-state index in [9.17, 15) is 0 Å². The lowest BCUT2D eigenvalue weighted by Gasteiger charge is -2.14. The molecule has 0 aromatic carbocycles. The monoisotopic (exact) mass is 253 g/mol. The van der Waals surface area contributed by atoms with Gasteiger partial charge in [-0.25, -0.2) is 0 Å². The van der Waals surface area contributed by atoms with Gasteiger partial charge in [0, 0.05) is 6.04 Å². The lowest BCUT2D eigenvalue weighted by atomic mass is 10.1. The Kier molecular flexibility index (Phi) is 5.46. The van der Waals surface area contributed by atoms with E-state index in [2.05, 4.69) is 23.7 Å². The average Bonchev–Trinajstić information content (AvgIpc) is 2.63. The Labute approximate surface area is 109 Å². The molecule has 1 heterocycles. The zero-order valence-electron chi connectivity index (χ0n) is 10.7. The van der Waals surface area contributed by atoms with Gasteiger partial charge in [-0.3, -0.25) is 0 Å². The van der Waals surface area contributed by atoms with Crippen molar-refractivity contribution >= 4 is 11.8 Å². The van der Waals surface area contributed by atoms with Crippen LogP contribution in [0.2, 0.25) is 0 Å². The van der Waals surface area contributed by atoms with Crippen molar-refractivity contribution in [3.63, 3.8) is 0 Å². The van der Waals surface area contributed by atoms with E-state index < -0.39 is 0 Å². The molecule has 0 atom stereocenters. The van der Waals surface area contributed by atoms with Crippen LogP contribution < -0.4 is 5.32 Å². The van der Waals surface area contributed by atoms with Gasteiger partial charge in [0.25, 0.3) is 0 Å².